The molecule has 0 spiro atoms. The first-order chi connectivity index (χ1) is 5.84. The van der Waals surface area contributed by atoms with Crippen molar-refractivity contribution in [3.63, 3.8) is 0 Å². The van der Waals surface area contributed by atoms with Gasteiger partial charge < -0.3 is 9.47 Å². The van der Waals surface area contributed by atoms with Crippen LogP contribution in [-0.2, 0) is 9.47 Å². The summed E-state index contributed by atoms with van der Waals surface area (Å²) in [6.45, 7) is 8.36. The van der Waals surface area contributed by atoms with Gasteiger partial charge in [0.2, 0.25) is 0 Å². The molecule has 0 saturated carbocycles. The molecule has 0 bridgehead atoms. The first kappa shape index (κ1) is 10.0. The van der Waals surface area contributed by atoms with E-state index in [0.717, 1.165) is 26.2 Å². The van der Waals surface area contributed by atoms with Gasteiger partial charge >= 0.3 is 0 Å². The Bertz CT molecular complexity index is 108. The molecule has 0 aromatic heterocycles. The predicted octanol–water partition coefficient (Wildman–Crippen LogP) is 2.04. The maximum Gasteiger partial charge on any atom is 0.0835 e. The van der Waals surface area contributed by atoms with Crippen LogP contribution < -0.4 is 0 Å². The second-order valence-electron chi connectivity index (χ2n) is 3.46. The Morgan fingerprint density at radius 1 is 1.50 bits per heavy atom. The van der Waals surface area contributed by atoms with E-state index in [-0.39, 0.29) is 0 Å². The highest BCUT2D eigenvalue weighted by molar-refractivity contribution is 4.68. The summed E-state index contributed by atoms with van der Waals surface area (Å²) in [5, 5.41) is 0. The lowest BCUT2D eigenvalue weighted by atomic mass is 9.98. The normalized spacial score (nSPS) is 27.0. The fourth-order valence-corrected chi connectivity index (χ4v) is 1.49. The molecule has 0 aromatic rings. The van der Waals surface area contributed by atoms with Crippen molar-refractivity contribution < 1.29 is 9.47 Å². The third kappa shape index (κ3) is 3.11. The van der Waals surface area contributed by atoms with Gasteiger partial charge in [-0.25, -0.2) is 0 Å². The fraction of sp³-hybridized carbons (Fsp3) is 0.900. The summed E-state index contributed by atoms with van der Waals surface area (Å²) in [6.07, 6.45) is 3.75. The Labute approximate surface area is 75.2 Å². The minimum absolute atomic E-state index is 0.324. The van der Waals surface area contributed by atoms with Crippen LogP contribution in [0.3, 0.4) is 0 Å². The van der Waals surface area contributed by atoms with Gasteiger partial charge in [0, 0.05) is 0 Å². The molecule has 1 heterocycles. The summed E-state index contributed by atoms with van der Waals surface area (Å²) in [4.78, 5) is 0. The maximum absolute atomic E-state index is 5.59. The van der Waals surface area contributed by atoms with Crippen LogP contribution >= 0.6 is 0 Å². The van der Waals surface area contributed by atoms with Gasteiger partial charge in [-0.1, -0.05) is 26.7 Å². The van der Waals surface area contributed by atoms with Gasteiger partial charge in [-0.2, -0.15) is 0 Å². The van der Waals surface area contributed by atoms with Gasteiger partial charge in [0.1, 0.15) is 0 Å². The van der Waals surface area contributed by atoms with Crippen molar-refractivity contribution >= 4 is 0 Å². The lowest BCUT2D eigenvalue weighted by Gasteiger charge is -2.28. The van der Waals surface area contributed by atoms with Gasteiger partial charge in [-0.3, -0.25) is 0 Å². The summed E-state index contributed by atoms with van der Waals surface area (Å²) in [5.74, 6) is 0.618. The van der Waals surface area contributed by atoms with Gasteiger partial charge in [-0.15, -0.1) is 0 Å². The van der Waals surface area contributed by atoms with Crippen molar-refractivity contribution in [2.75, 3.05) is 19.8 Å². The first-order valence-electron chi connectivity index (χ1n) is 4.83. The smallest absolute Gasteiger partial charge is 0.0835 e. The SMILES string of the molecule is [CH2]CCCC(C)C1COCCO1. The van der Waals surface area contributed by atoms with Crippen molar-refractivity contribution in [3.05, 3.63) is 6.92 Å². The molecule has 71 valence electrons. The molecule has 1 rings (SSSR count). The molecule has 2 nitrogen and oxygen atoms in total. The van der Waals surface area contributed by atoms with Crippen molar-refractivity contribution in [2.24, 2.45) is 5.92 Å². The van der Waals surface area contributed by atoms with E-state index in [2.05, 4.69) is 13.8 Å². The zero-order valence-electron chi connectivity index (χ0n) is 7.92. The van der Waals surface area contributed by atoms with E-state index in [1.165, 1.54) is 12.8 Å². The van der Waals surface area contributed by atoms with E-state index in [9.17, 15) is 0 Å². The largest absolute Gasteiger partial charge is 0.376 e. The van der Waals surface area contributed by atoms with Crippen LogP contribution in [0.15, 0.2) is 0 Å². The van der Waals surface area contributed by atoms with Crippen LogP contribution in [-0.4, -0.2) is 25.9 Å². The van der Waals surface area contributed by atoms with Gasteiger partial charge in [0.05, 0.1) is 25.9 Å². The van der Waals surface area contributed by atoms with Crippen LogP contribution in [0.4, 0.5) is 0 Å². The number of ether oxygens (including phenoxy) is 2. The van der Waals surface area contributed by atoms with Gasteiger partial charge in [0.25, 0.3) is 0 Å². The van der Waals surface area contributed by atoms with Crippen molar-refractivity contribution in [3.8, 4) is 0 Å². The van der Waals surface area contributed by atoms with Gasteiger partial charge in [0.15, 0.2) is 0 Å². The third-order valence-electron chi connectivity index (χ3n) is 2.39. The number of hydrogen-bond acceptors (Lipinski definition) is 2. The molecule has 2 atom stereocenters. The molecule has 1 aliphatic rings. The summed E-state index contributed by atoms with van der Waals surface area (Å²) >= 11 is 0. The Morgan fingerprint density at radius 2 is 2.33 bits per heavy atom. The Morgan fingerprint density at radius 3 is 2.92 bits per heavy atom. The average Bonchev–Trinajstić information content (AvgIpc) is 2.15. The first-order valence-corrected chi connectivity index (χ1v) is 4.83. The zero-order chi connectivity index (χ0) is 8.81. The van der Waals surface area contributed by atoms with Crippen LogP contribution in [0.1, 0.15) is 26.2 Å². The van der Waals surface area contributed by atoms with Crippen LogP contribution in [0.25, 0.3) is 0 Å². The quantitative estimate of drug-likeness (QED) is 0.644. The molecule has 0 amide bonds. The molecule has 1 aliphatic heterocycles. The molecule has 1 fully saturated rings. The minimum Gasteiger partial charge on any atom is -0.376 e. The zero-order valence-corrected chi connectivity index (χ0v) is 7.92. The van der Waals surface area contributed by atoms with Crippen LogP contribution in [0.5, 0.6) is 0 Å². The molecule has 1 saturated heterocycles. The van der Waals surface area contributed by atoms with Crippen LogP contribution in [0.2, 0.25) is 0 Å². The molecule has 12 heavy (non-hydrogen) atoms. The second kappa shape index (κ2) is 5.55. The molecule has 2 heteroatoms. The number of rotatable bonds is 4. The van der Waals surface area contributed by atoms with Crippen LogP contribution in [0, 0.1) is 12.8 Å². The van der Waals surface area contributed by atoms with Crippen molar-refractivity contribution in [2.45, 2.75) is 32.3 Å². The lowest BCUT2D eigenvalue weighted by Crippen LogP contribution is -2.33. The molecule has 0 N–H and O–H groups in total. The topological polar surface area (TPSA) is 18.5 Å². The van der Waals surface area contributed by atoms with E-state index in [4.69, 9.17) is 9.47 Å². The molecule has 0 aliphatic carbocycles. The molecule has 1 radical (unpaired) electrons. The summed E-state index contributed by atoms with van der Waals surface area (Å²) in [6, 6.07) is 0. The number of unbranched alkanes of at least 4 members (excludes halogenated alkanes) is 1. The van der Waals surface area contributed by atoms with E-state index in [1.807, 2.05) is 0 Å². The highest BCUT2D eigenvalue weighted by Gasteiger charge is 2.20. The second-order valence-corrected chi connectivity index (χ2v) is 3.46. The standard InChI is InChI=1S/C10H19O2/c1-3-4-5-9(2)10-8-11-6-7-12-10/h9-10H,1,3-8H2,2H3. The fourth-order valence-electron chi connectivity index (χ4n) is 1.49. The Kier molecular flexibility index (Phi) is 4.62. The maximum atomic E-state index is 5.59. The van der Waals surface area contributed by atoms with E-state index >= 15 is 0 Å². The molecular weight excluding hydrogens is 152 g/mol. The van der Waals surface area contributed by atoms with Gasteiger partial charge in [-0.05, 0) is 12.3 Å². The molecular formula is C10H19O2. The highest BCUT2D eigenvalue weighted by Crippen LogP contribution is 2.17. The van der Waals surface area contributed by atoms with E-state index in [0.29, 0.717) is 12.0 Å². The molecule has 2 unspecified atom stereocenters. The Balaban J connectivity index is 2.15. The minimum atomic E-state index is 0.324. The Hall–Kier alpha value is -0.0800. The highest BCUT2D eigenvalue weighted by atomic mass is 16.6. The molecule has 0 aromatic carbocycles. The predicted molar refractivity (Wildman–Crippen MR) is 48.9 cm³/mol. The van der Waals surface area contributed by atoms with E-state index in [1.54, 1.807) is 0 Å². The van der Waals surface area contributed by atoms with E-state index < -0.39 is 0 Å². The monoisotopic (exact) mass is 171 g/mol. The average molecular weight is 171 g/mol. The van der Waals surface area contributed by atoms with Crippen molar-refractivity contribution in [1.29, 1.82) is 0 Å². The summed E-state index contributed by atoms with van der Waals surface area (Å²) in [5.41, 5.74) is 0. The lowest BCUT2D eigenvalue weighted by molar-refractivity contribution is -0.109. The summed E-state index contributed by atoms with van der Waals surface area (Å²) in [7, 11) is 0. The summed E-state index contributed by atoms with van der Waals surface area (Å²) < 4.78 is 10.9. The third-order valence-corrected chi connectivity index (χ3v) is 2.39. The van der Waals surface area contributed by atoms with Crippen molar-refractivity contribution in [1.82, 2.24) is 0 Å². The number of hydrogen-bond donors (Lipinski definition) is 0.